The van der Waals surface area contributed by atoms with Crippen molar-refractivity contribution < 1.29 is 8.42 Å². The molecule has 2 unspecified atom stereocenters. The average molecular weight is 255 g/mol. The number of aromatic nitrogens is 1. The Morgan fingerprint density at radius 1 is 1.47 bits per heavy atom. The zero-order valence-electron chi connectivity index (χ0n) is 9.76. The summed E-state index contributed by atoms with van der Waals surface area (Å²) in [5.41, 5.74) is 5.81. The molecule has 1 fully saturated rings. The molecule has 3 N–H and O–H groups in total. The summed E-state index contributed by atoms with van der Waals surface area (Å²) in [6.45, 7) is 2.13. The van der Waals surface area contributed by atoms with Crippen molar-refractivity contribution in [2.75, 3.05) is 5.73 Å². The van der Waals surface area contributed by atoms with Gasteiger partial charge in [0.15, 0.2) is 5.03 Å². The Balaban J connectivity index is 2.17. The minimum atomic E-state index is -3.58. The zero-order valence-corrected chi connectivity index (χ0v) is 10.6. The van der Waals surface area contributed by atoms with E-state index in [4.69, 9.17) is 5.73 Å². The molecular formula is C11H17N3O2S. The van der Waals surface area contributed by atoms with Gasteiger partial charge in [-0.05, 0) is 37.3 Å². The third kappa shape index (κ3) is 2.76. The molecule has 1 aliphatic rings. The van der Waals surface area contributed by atoms with E-state index in [1.807, 2.05) is 0 Å². The van der Waals surface area contributed by atoms with E-state index in [-0.39, 0.29) is 16.8 Å². The average Bonchev–Trinajstić information content (AvgIpc) is 2.63. The molecule has 2 atom stereocenters. The van der Waals surface area contributed by atoms with Crippen LogP contribution in [0, 0.1) is 5.92 Å². The summed E-state index contributed by atoms with van der Waals surface area (Å²) in [5.74, 6) is 0.573. The van der Waals surface area contributed by atoms with Crippen molar-refractivity contribution in [2.45, 2.75) is 37.3 Å². The minimum absolute atomic E-state index is 0.0106. The van der Waals surface area contributed by atoms with E-state index in [9.17, 15) is 8.42 Å². The highest BCUT2D eigenvalue weighted by atomic mass is 32.2. The Hall–Kier alpha value is -1.14. The molecule has 1 saturated carbocycles. The highest BCUT2D eigenvalue weighted by Crippen LogP contribution is 2.26. The summed E-state index contributed by atoms with van der Waals surface area (Å²) < 4.78 is 26.8. The lowest BCUT2D eigenvalue weighted by Crippen LogP contribution is -2.33. The molecule has 5 nitrogen and oxygen atoms in total. The molecule has 0 amide bonds. The van der Waals surface area contributed by atoms with Crippen LogP contribution in [0.5, 0.6) is 0 Å². The van der Waals surface area contributed by atoms with Crippen LogP contribution in [0.3, 0.4) is 0 Å². The summed E-state index contributed by atoms with van der Waals surface area (Å²) in [5, 5.41) is -0.0699. The number of rotatable bonds is 3. The van der Waals surface area contributed by atoms with Crippen LogP contribution in [0.2, 0.25) is 0 Å². The maximum Gasteiger partial charge on any atom is 0.260 e. The van der Waals surface area contributed by atoms with Crippen LogP contribution in [-0.2, 0) is 10.0 Å². The van der Waals surface area contributed by atoms with Crippen molar-refractivity contribution in [3.63, 3.8) is 0 Å². The van der Waals surface area contributed by atoms with Gasteiger partial charge in [-0.1, -0.05) is 6.92 Å². The number of nitrogens with one attached hydrogen (secondary N) is 1. The van der Waals surface area contributed by atoms with Crippen LogP contribution in [-0.4, -0.2) is 19.4 Å². The van der Waals surface area contributed by atoms with Crippen molar-refractivity contribution in [1.29, 1.82) is 0 Å². The van der Waals surface area contributed by atoms with E-state index >= 15 is 0 Å². The highest BCUT2D eigenvalue weighted by molar-refractivity contribution is 7.89. The van der Waals surface area contributed by atoms with Crippen LogP contribution < -0.4 is 10.5 Å². The molecule has 0 spiro atoms. The third-order valence-electron chi connectivity index (χ3n) is 3.07. The monoisotopic (exact) mass is 255 g/mol. The Bertz CT molecular complexity index is 501. The van der Waals surface area contributed by atoms with Crippen molar-refractivity contribution in [3.05, 3.63) is 18.3 Å². The molecule has 17 heavy (non-hydrogen) atoms. The lowest BCUT2D eigenvalue weighted by atomic mass is 10.1. The third-order valence-corrected chi connectivity index (χ3v) is 4.57. The van der Waals surface area contributed by atoms with Gasteiger partial charge in [-0.15, -0.1) is 0 Å². The van der Waals surface area contributed by atoms with Gasteiger partial charge in [0.2, 0.25) is 0 Å². The van der Waals surface area contributed by atoms with Gasteiger partial charge in [-0.2, -0.15) is 0 Å². The van der Waals surface area contributed by atoms with E-state index in [2.05, 4.69) is 16.6 Å². The molecule has 1 heterocycles. The Morgan fingerprint density at radius 2 is 2.24 bits per heavy atom. The fraction of sp³-hybridized carbons (Fsp3) is 0.545. The van der Waals surface area contributed by atoms with E-state index < -0.39 is 10.0 Å². The normalized spacial score (nSPS) is 25.0. The first-order valence-electron chi connectivity index (χ1n) is 5.72. The topological polar surface area (TPSA) is 85.1 Å². The largest absolute Gasteiger partial charge is 0.396 e. The van der Waals surface area contributed by atoms with E-state index in [0.717, 1.165) is 19.3 Å². The molecule has 0 aromatic carbocycles. The molecule has 0 radical (unpaired) electrons. The molecular weight excluding hydrogens is 238 g/mol. The SMILES string of the molecule is CC1CCC(NS(=O)(=O)c2ncccc2N)C1. The van der Waals surface area contributed by atoms with Gasteiger partial charge in [0.1, 0.15) is 0 Å². The Morgan fingerprint density at radius 3 is 2.82 bits per heavy atom. The van der Waals surface area contributed by atoms with Crippen molar-refractivity contribution >= 4 is 15.7 Å². The smallest absolute Gasteiger partial charge is 0.260 e. The Kier molecular flexibility index (Phi) is 3.35. The first-order valence-corrected chi connectivity index (χ1v) is 7.20. The lowest BCUT2D eigenvalue weighted by Gasteiger charge is -2.13. The fourth-order valence-electron chi connectivity index (χ4n) is 2.22. The lowest BCUT2D eigenvalue weighted by molar-refractivity contribution is 0.536. The molecule has 1 aliphatic carbocycles. The molecule has 94 valence electrons. The first kappa shape index (κ1) is 12.3. The van der Waals surface area contributed by atoms with Crippen molar-refractivity contribution in [2.24, 2.45) is 5.92 Å². The van der Waals surface area contributed by atoms with Crippen LogP contribution in [0.15, 0.2) is 23.4 Å². The van der Waals surface area contributed by atoms with Crippen LogP contribution in [0.4, 0.5) is 5.69 Å². The molecule has 1 aromatic heterocycles. The number of hydrogen-bond donors (Lipinski definition) is 2. The van der Waals surface area contributed by atoms with E-state index in [1.54, 1.807) is 12.1 Å². The van der Waals surface area contributed by atoms with Gasteiger partial charge < -0.3 is 5.73 Å². The van der Waals surface area contributed by atoms with Gasteiger partial charge in [0, 0.05) is 12.2 Å². The van der Waals surface area contributed by atoms with Crippen LogP contribution in [0.25, 0.3) is 0 Å². The summed E-state index contributed by atoms with van der Waals surface area (Å²) >= 11 is 0. The summed E-state index contributed by atoms with van der Waals surface area (Å²) in [6, 6.07) is 3.17. The number of nitrogens with zero attached hydrogens (tertiary/aromatic N) is 1. The number of nitrogen functional groups attached to an aromatic ring is 1. The van der Waals surface area contributed by atoms with Gasteiger partial charge >= 0.3 is 0 Å². The molecule has 0 saturated heterocycles. The molecule has 2 rings (SSSR count). The van der Waals surface area contributed by atoms with Crippen LogP contribution in [0.1, 0.15) is 26.2 Å². The van der Waals surface area contributed by atoms with Gasteiger partial charge in [-0.25, -0.2) is 18.1 Å². The minimum Gasteiger partial charge on any atom is -0.396 e. The second-order valence-electron chi connectivity index (χ2n) is 4.63. The molecule has 0 aliphatic heterocycles. The quantitative estimate of drug-likeness (QED) is 0.848. The highest BCUT2D eigenvalue weighted by Gasteiger charge is 2.28. The van der Waals surface area contributed by atoms with Crippen molar-refractivity contribution in [3.8, 4) is 0 Å². The summed E-state index contributed by atoms with van der Waals surface area (Å²) in [6.07, 6.45) is 4.26. The molecule has 1 aromatic rings. The second kappa shape index (κ2) is 4.62. The predicted octanol–water partition coefficient (Wildman–Crippen LogP) is 1.13. The predicted molar refractivity (Wildman–Crippen MR) is 65.8 cm³/mol. The maximum absolute atomic E-state index is 12.1. The molecule has 6 heteroatoms. The second-order valence-corrected chi connectivity index (χ2v) is 6.26. The Labute approximate surface area is 101 Å². The number of hydrogen-bond acceptors (Lipinski definition) is 4. The summed E-state index contributed by atoms with van der Waals surface area (Å²) in [4.78, 5) is 3.84. The van der Waals surface area contributed by atoms with E-state index in [1.165, 1.54) is 6.20 Å². The number of sulfonamides is 1. The number of pyridine rings is 1. The maximum atomic E-state index is 12.1. The zero-order chi connectivity index (χ0) is 12.5. The number of nitrogens with two attached hydrogens (primary N) is 1. The summed E-state index contributed by atoms with van der Waals surface area (Å²) in [7, 11) is -3.58. The van der Waals surface area contributed by atoms with Crippen molar-refractivity contribution in [1.82, 2.24) is 9.71 Å². The van der Waals surface area contributed by atoms with Gasteiger partial charge in [-0.3, -0.25) is 0 Å². The fourth-order valence-corrected chi connectivity index (χ4v) is 3.56. The number of anilines is 1. The van der Waals surface area contributed by atoms with Gasteiger partial charge in [0.05, 0.1) is 5.69 Å². The van der Waals surface area contributed by atoms with E-state index in [0.29, 0.717) is 5.92 Å². The first-order chi connectivity index (χ1) is 7.99. The molecule has 0 bridgehead atoms. The van der Waals surface area contributed by atoms with Gasteiger partial charge in [0.25, 0.3) is 10.0 Å². The van der Waals surface area contributed by atoms with Crippen LogP contribution >= 0.6 is 0 Å². The standard InChI is InChI=1S/C11H17N3O2S/c1-8-4-5-9(7-8)14-17(15,16)11-10(12)3-2-6-13-11/h2-3,6,8-9,14H,4-5,7,12H2,1H3.